The first-order valence-corrected chi connectivity index (χ1v) is 22.8. The number of pyridine rings is 5. The van der Waals surface area contributed by atoms with Crippen LogP contribution in [0.25, 0.3) is 77.9 Å². The van der Waals surface area contributed by atoms with Gasteiger partial charge in [0.2, 0.25) is 11.4 Å². The Morgan fingerprint density at radius 1 is 0.508 bits per heavy atom. The zero-order valence-corrected chi connectivity index (χ0v) is 39.3. The first-order valence-electron chi connectivity index (χ1n) is 22.8. The molecule has 0 unspecified atom stereocenters. The molecule has 0 bridgehead atoms. The molecule has 3 aromatic carbocycles. The van der Waals surface area contributed by atoms with Crippen molar-refractivity contribution in [1.29, 1.82) is 0 Å². The predicted molar refractivity (Wildman–Crippen MR) is 257 cm³/mol. The van der Waals surface area contributed by atoms with Crippen molar-refractivity contribution in [3.8, 4) is 33.8 Å². The van der Waals surface area contributed by atoms with Crippen LogP contribution >= 0.6 is 0 Å². The number of nitrogens with zero attached hydrogens (tertiary/aromatic N) is 5. The van der Waals surface area contributed by atoms with Crippen molar-refractivity contribution in [3.05, 3.63) is 174 Å². The molecule has 7 heterocycles. The Morgan fingerprint density at radius 2 is 1.23 bits per heavy atom. The summed E-state index contributed by atoms with van der Waals surface area (Å²) >= 11 is 0. The van der Waals surface area contributed by atoms with Gasteiger partial charge < -0.3 is 23.8 Å². The summed E-state index contributed by atoms with van der Waals surface area (Å²) < 4.78 is 12.5. The summed E-state index contributed by atoms with van der Waals surface area (Å²) in [4.78, 5) is 23.6. The topological polar surface area (TPSA) is 90.7 Å². The summed E-state index contributed by atoms with van der Waals surface area (Å²) in [6, 6.07) is 45.6. The number of aromatic nitrogens is 5. The molecule has 10 rings (SSSR count). The van der Waals surface area contributed by atoms with Crippen molar-refractivity contribution in [2.75, 3.05) is 0 Å². The molecule has 8 heteroatoms. The molecule has 0 fully saturated rings. The second kappa shape index (κ2) is 20.2. The van der Waals surface area contributed by atoms with Crippen molar-refractivity contribution in [2.45, 2.75) is 90.9 Å². The number of fused-ring (bicyclic) bond motifs is 6. The van der Waals surface area contributed by atoms with E-state index in [2.05, 4.69) is 83.8 Å². The van der Waals surface area contributed by atoms with E-state index in [-0.39, 0.29) is 20.1 Å². The molecule has 7 aromatic heterocycles. The SMILES string of the molecule is Cc1ccc2c(n1)oc1c(-c3ccc(CCCCCCc4ccnc(-c5[c-]cc(CCCCCCc6cnc(-c7[c-]cccc7)c7oc8nc(C)ccc8c67)cc5)c4)cn3)[c-]ccc12.[Ir+3]. The van der Waals surface area contributed by atoms with Gasteiger partial charge in [-0.05, 0) is 105 Å². The van der Waals surface area contributed by atoms with E-state index in [1.807, 2.05) is 74.9 Å². The van der Waals surface area contributed by atoms with Crippen LogP contribution in [0.1, 0.15) is 85.0 Å². The number of furan rings is 2. The maximum Gasteiger partial charge on any atom is 3.00 e. The van der Waals surface area contributed by atoms with Gasteiger partial charge in [-0.15, -0.1) is 89.5 Å². The minimum absolute atomic E-state index is 0. The molecule has 0 saturated carbocycles. The second-order valence-electron chi connectivity index (χ2n) is 17.1. The molecular formula is C57H50IrN5O2. The number of hydrogen-bond donors (Lipinski definition) is 0. The quantitative estimate of drug-likeness (QED) is 0.0663. The van der Waals surface area contributed by atoms with Gasteiger partial charge in [-0.3, -0.25) is 0 Å². The van der Waals surface area contributed by atoms with Crippen LogP contribution in [-0.2, 0) is 45.8 Å². The minimum Gasteiger partial charge on any atom is -0.486 e. The minimum atomic E-state index is 0. The van der Waals surface area contributed by atoms with Crippen LogP contribution in [0.3, 0.4) is 0 Å². The van der Waals surface area contributed by atoms with E-state index in [9.17, 15) is 0 Å². The van der Waals surface area contributed by atoms with Crippen molar-refractivity contribution < 1.29 is 28.9 Å². The summed E-state index contributed by atoms with van der Waals surface area (Å²) in [5, 5.41) is 4.25. The van der Waals surface area contributed by atoms with Gasteiger partial charge in [0.15, 0.2) is 0 Å². The zero-order valence-electron chi connectivity index (χ0n) is 36.9. The third-order valence-electron chi connectivity index (χ3n) is 12.4. The molecule has 324 valence electrons. The molecule has 0 saturated heterocycles. The molecule has 0 N–H and O–H groups in total. The van der Waals surface area contributed by atoms with Gasteiger partial charge in [-0.2, -0.15) is 0 Å². The third kappa shape index (κ3) is 9.85. The summed E-state index contributed by atoms with van der Waals surface area (Å²) in [5.74, 6) is 0. The summed E-state index contributed by atoms with van der Waals surface area (Å²) in [6.45, 7) is 3.97. The van der Waals surface area contributed by atoms with E-state index in [0.29, 0.717) is 11.4 Å². The van der Waals surface area contributed by atoms with Crippen molar-refractivity contribution in [1.82, 2.24) is 24.9 Å². The Balaban J connectivity index is 0.00000533. The number of aryl methyl sites for hydroxylation is 6. The van der Waals surface area contributed by atoms with Crippen LogP contribution in [0.4, 0.5) is 0 Å². The second-order valence-corrected chi connectivity index (χ2v) is 17.1. The Morgan fingerprint density at radius 3 is 1.97 bits per heavy atom. The molecule has 0 spiro atoms. The number of rotatable bonds is 17. The van der Waals surface area contributed by atoms with Crippen LogP contribution in [0, 0.1) is 32.0 Å². The third-order valence-corrected chi connectivity index (χ3v) is 12.4. The van der Waals surface area contributed by atoms with Crippen molar-refractivity contribution in [2.24, 2.45) is 0 Å². The van der Waals surface area contributed by atoms with Gasteiger partial charge in [0.05, 0.1) is 5.58 Å². The molecule has 0 atom stereocenters. The van der Waals surface area contributed by atoms with E-state index in [4.69, 9.17) is 28.8 Å². The predicted octanol–water partition coefficient (Wildman–Crippen LogP) is 14.2. The monoisotopic (exact) mass is 1030 g/mol. The first kappa shape index (κ1) is 43.9. The first-order chi connectivity index (χ1) is 31.5. The molecular weight excluding hydrogens is 979 g/mol. The van der Waals surface area contributed by atoms with E-state index in [1.54, 1.807) is 0 Å². The Kier molecular flexibility index (Phi) is 13.7. The van der Waals surface area contributed by atoms with Crippen molar-refractivity contribution >= 4 is 44.1 Å². The van der Waals surface area contributed by atoms with Crippen LogP contribution in [-0.4, -0.2) is 24.9 Å². The van der Waals surface area contributed by atoms with Gasteiger partial charge >= 0.3 is 20.1 Å². The van der Waals surface area contributed by atoms with Crippen molar-refractivity contribution in [3.63, 3.8) is 0 Å². The Labute approximate surface area is 394 Å². The van der Waals surface area contributed by atoms with Crippen LogP contribution in [0.2, 0.25) is 0 Å². The average molecular weight is 1030 g/mol. The fourth-order valence-electron chi connectivity index (χ4n) is 8.93. The van der Waals surface area contributed by atoms with Crippen LogP contribution in [0.15, 0.2) is 131 Å². The Bertz CT molecular complexity index is 3190. The smallest absolute Gasteiger partial charge is 0.486 e. The van der Waals surface area contributed by atoms with Gasteiger partial charge in [0.1, 0.15) is 5.58 Å². The van der Waals surface area contributed by atoms with Crippen LogP contribution in [0.5, 0.6) is 0 Å². The molecule has 65 heavy (non-hydrogen) atoms. The van der Waals surface area contributed by atoms with Gasteiger partial charge in [-0.1, -0.05) is 73.2 Å². The standard InChI is InChI=1S/C57H50N5O2.Ir/c1-38-23-30-47-46-21-14-22-48(54(46)63-56(47)61-38)50-32-27-42(36-59-50)17-10-4-3-9-16-41-33-34-58-51(35-41)43-28-25-40(26-29-43)15-8-5-6-11-20-45-37-60-53(44-18-12-7-13-19-44)55-52(45)49-31-24-39(2)62-57(49)64-55;/h7,12-14,18,21,23-28,30-37H,3-6,8-11,15-17,20H2,1-2H3;/q-3;+3. The molecule has 0 radical (unpaired) electrons. The van der Waals surface area contributed by atoms with Gasteiger partial charge in [-0.25, -0.2) is 9.97 Å². The molecule has 0 amide bonds. The molecule has 0 aliphatic heterocycles. The summed E-state index contributed by atoms with van der Waals surface area (Å²) in [6.07, 6.45) is 19.3. The van der Waals surface area contributed by atoms with Crippen LogP contribution < -0.4 is 0 Å². The number of unbranched alkanes of at least 4 members (excludes halogenated alkanes) is 6. The number of hydrogen-bond acceptors (Lipinski definition) is 7. The maximum atomic E-state index is 6.35. The summed E-state index contributed by atoms with van der Waals surface area (Å²) in [5.41, 5.74) is 15.5. The largest absolute Gasteiger partial charge is 3.00 e. The van der Waals surface area contributed by atoms with E-state index >= 15 is 0 Å². The molecule has 0 aliphatic rings. The molecule has 0 aliphatic carbocycles. The van der Waals surface area contributed by atoms with Gasteiger partial charge in [0, 0.05) is 51.8 Å². The zero-order chi connectivity index (χ0) is 43.2. The number of benzene rings is 3. The molecule has 10 aromatic rings. The van der Waals surface area contributed by atoms with Gasteiger partial charge in [0.25, 0.3) is 0 Å². The van der Waals surface area contributed by atoms with E-state index in [0.717, 1.165) is 136 Å². The normalized spacial score (nSPS) is 11.5. The fraction of sp³-hybridized carbons (Fsp3) is 0.246. The van der Waals surface area contributed by atoms with E-state index in [1.165, 1.54) is 41.5 Å². The maximum absolute atomic E-state index is 6.35. The van der Waals surface area contributed by atoms with E-state index < -0.39 is 0 Å². The summed E-state index contributed by atoms with van der Waals surface area (Å²) in [7, 11) is 0. The molecule has 7 nitrogen and oxygen atoms in total. The Hall–Kier alpha value is -6.34. The fourth-order valence-corrected chi connectivity index (χ4v) is 8.93. The average Bonchev–Trinajstić information content (AvgIpc) is 3.90.